The Kier molecular flexibility index (Phi) is 7.37. The van der Waals surface area contributed by atoms with Gasteiger partial charge >= 0.3 is 0 Å². The first-order valence-electron chi connectivity index (χ1n) is 12.2. The van der Waals surface area contributed by atoms with Crippen LogP contribution < -0.4 is 10.1 Å². The van der Waals surface area contributed by atoms with Gasteiger partial charge in [-0.2, -0.15) is 4.98 Å². The highest BCUT2D eigenvalue weighted by molar-refractivity contribution is 5.83. The smallest absolute Gasteiger partial charge is 0.241 e. The fraction of sp³-hybridized carbons (Fsp3) is 0.429. The van der Waals surface area contributed by atoms with Crippen LogP contribution in [0.4, 0.5) is 0 Å². The van der Waals surface area contributed by atoms with Crippen molar-refractivity contribution in [2.75, 3.05) is 20.7 Å². The summed E-state index contributed by atoms with van der Waals surface area (Å²) in [7, 11) is 3.40. The second kappa shape index (κ2) is 10.4. The van der Waals surface area contributed by atoms with Gasteiger partial charge in [-0.15, -0.1) is 0 Å². The van der Waals surface area contributed by atoms with E-state index in [1.165, 1.54) is 16.7 Å². The van der Waals surface area contributed by atoms with Crippen LogP contribution in [-0.4, -0.2) is 41.1 Å². The molecule has 34 heavy (non-hydrogen) atoms. The molecule has 2 aromatic carbocycles. The maximum absolute atomic E-state index is 13.2. The Morgan fingerprint density at radius 2 is 1.91 bits per heavy atom. The van der Waals surface area contributed by atoms with Gasteiger partial charge in [0.25, 0.3) is 0 Å². The molecule has 4 rings (SSSR count). The molecule has 2 heterocycles. The van der Waals surface area contributed by atoms with Gasteiger partial charge < -0.3 is 14.6 Å². The first kappa shape index (κ1) is 24.0. The Labute approximate surface area is 203 Å². The topological polar surface area (TPSA) is 59.4 Å². The molecule has 0 fully saturated rings. The molecule has 3 aromatic rings. The number of fused-ring (bicyclic) bond motifs is 1. The number of hydrogen-bond donors (Lipinski definition) is 1. The molecule has 0 radical (unpaired) electrons. The lowest BCUT2D eigenvalue weighted by molar-refractivity contribution is -0.128. The lowest BCUT2D eigenvalue weighted by Gasteiger charge is -2.41. The number of nitrogens with zero attached hydrogens (tertiary/aromatic N) is 3. The second-order valence-electron chi connectivity index (χ2n) is 9.07. The molecule has 0 saturated heterocycles. The minimum absolute atomic E-state index is 0.000570. The van der Waals surface area contributed by atoms with E-state index in [-0.39, 0.29) is 18.0 Å². The molecule has 6 nitrogen and oxygen atoms in total. The quantitative estimate of drug-likeness (QED) is 0.536. The minimum Gasteiger partial charge on any atom is -0.480 e. The zero-order valence-corrected chi connectivity index (χ0v) is 21.0. The molecule has 0 spiro atoms. The van der Waals surface area contributed by atoms with Crippen LogP contribution in [0.15, 0.2) is 48.5 Å². The highest BCUT2D eigenvalue weighted by Crippen LogP contribution is 2.41. The summed E-state index contributed by atoms with van der Waals surface area (Å²) in [5.74, 6) is 1.72. The molecule has 2 atom stereocenters. The standard InChI is InChI=1S/C28H36N4O2/c1-6-24-30-28(34-5)26-23(15-14-21-13-12-19(2)20(3)18-21)31(16-17-32(24)26)25(27(33)29-4)22-10-8-7-9-11-22/h7-13,18,23,25H,6,14-17H2,1-5H3,(H,29,33)/t23-,25+/m0/s1. The number of rotatable bonds is 8. The maximum Gasteiger partial charge on any atom is 0.241 e. The fourth-order valence-corrected chi connectivity index (χ4v) is 5.15. The van der Waals surface area contributed by atoms with Crippen molar-refractivity contribution >= 4 is 5.91 Å². The van der Waals surface area contributed by atoms with Crippen LogP contribution in [0.25, 0.3) is 0 Å². The number of ether oxygens (including phenoxy) is 1. The van der Waals surface area contributed by atoms with Crippen LogP contribution in [0.5, 0.6) is 5.88 Å². The third-order valence-electron chi connectivity index (χ3n) is 7.08. The van der Waals surface area contributed by atoms with E-state index in [1.54, 1.807) is 14.2 Å². The average molecular weight is 461 g/mol. The molecular formula is C28H36N4O2. The van der Waals surface area contributed by atoms with Crippen molar-refractivity contribution < 1.29 is 9.53 Å². The number of carbonyl (C=O) groups is 1. The first-order valence-corrected chi connectivity index (χ1v) is 12.2. The monoisotopic (exact) mass is 460 g/mol. The highest BCUT2D eigenvalue weighted by atomic mass is 16.5. The number of aromatic nitrogens is 2. The van der Waals surface area contributed by atoms with Gasteiger partial charge in [0.2, 0.25) is 11.8 Å². The predicted molar refractivity (Wildman–Crippen MR) is 135 cm³/mol. The van der Waals surface area contributed by atoms with Crippen molar-refractivity contribution in [1.29, 1.82) is 0 Å². The van der Waals surface area contributed by atoms with Crippen LogP contribution in [0, 0.1) is 13.8 Å². The average Bonchev–Trinajstić information content (AvgIpc) is 3.24. The van der Waals surface area contributed by atoms with Crippen molar-refractivity contribution in [3.8, 4) is 5.88 Å². The summed E-state index contributed by atoms with van der Waals surface area (Å²) in [5.41, 5.74) is 6.01. The van der Waals surface area contributed by atoms with Crippen LogP contribution in [0.1, 0.15) is 59.2 Å². The van der Waals surface area contributed by atoms with Gasteiger partial charge in [0.1, 0.15) is 11.9 Å². The SMILES string of the molecule is CCc1nc(OC)c2n1CCN([C@@H](C(=O)NC)c1ccccc1)[C@H]2CCc1ccc(C)c(C)c1. The number of likely N-dealkylation sites (N-methyl/N-ethyl adjacent to an activating group) is 1. The molecule has 1 aliphatic rings. The molecule has 0 aliphatic carbocycles. The van der Waals surface area contributed by atoms with E-state index in [4.69, 9.17) is 9.72 Å². The van der Waals surface area contributed by atoms with Crippen LogP contribution in [0.2, 0.25) is 0 Å². The van der Waals surface area contributed by atoms with Crippen molar-refractivity contribution in [2.45, 2.75) is 58.7 Å². The molecule has 1 N–H and O–H groups in total. The predicted octanol–water partition coefficient (Wildman–Crippen LogP) is 4.55. The number of hydrogen-bond acceptors (Lipinski definition) is 4. The van der Waals surface area contributed by atoms with Crippen LogP contribution in [0.3, 0.4) is 0 Å². The minimum atomic E-state index is -0.380. The van der Waals surface area contributed by atoms with Crippen molar-refractivity contribution in [3.05, 3.63) is 82.3 Å². The Morgan fingerprint density at radius 3 is 2.56 bits per heavy atom. The number of methoxy groups -OCH3 is 1. The summed E-state index contributed by atoms with van der Waals surface area (Å²) < 4.78 is 8.09. The van der Waals surface area contributed by atoms with Crippen LogP contribution >= 0.6 is 0 Å². The summed E-state index contributed by atoms with van der Waals surface area (Å²) in [5, 5.41) is 2.90. The van der Waals surface area contributed by atoms with Crippen LogP contribution in [-0.2, 0) is 24.2 Å². The Hall–Kier alpha value is -3.12. The third-order valence-corrected chi connectivity index (χ3v) is 7.08. The van der Waals surface area contributed by atoms with E-state index in [0.29, 0.717) is 5.88 Å². The van der Waals surface area contributed by atoms with Crippen molar-refractivity contribution in [3.63, 3.8) is 0 Å². The Balaban J connectivity index is 1.77. The van der Waals surface area contributed by atoms with Gasteiger partial charge in [-0.25, -0.2) is 0 Å². The summed E-state index contributed by atoms with van der Waals surface area (Å²) in [6, 6.07) is 16.4. The Bertz CT molecular complexity index is 1140. The van der Waals surface area contributed by atoms with Gasteiger partial charge in [-0.05, 0) is 48.9 Å². The van der Waals surface area contributed by atoms with Crippen molar-refractivity contribution in [1.82, 2.24) is 19.8 Å². The van der Waals surface area contributed by atoms with Gasteiger partial charge in [-0.1, -0.05) is 55.5 Å². The summed E-state index contributed by atoms with van der Waals surface area (Å²) in [6.45, 7) is 7.99. The lowest BCUT2D eigenvalue weighted by Crippen LogP contribution is -2.46. The van der Waals surface area contributed by atoms with E-state index in [9.17, 15) is 4.79 Å². The van der Waals surface area contributed by atoms with E-state index in [1.807, 2.05) is 30.3 Å². The summed E-state index contributed by atoms with van der Waals surface area (Å²) in [4.78, 5) is 20.4. The number of imidazole rings is 1. The number of aryl methyl sites for hydroxylation is 4. The normalized spacial score (nSPS) is 16.7. The first-order chi connectivity index (χ1) is 16.5. The van der Waals surface area contributed by atoms with E-state index < -0.39 is 0 Å². The lowest BCUT2D eigenvalue weighted by atomic mass is 9.94. The molecule has 0 unspecified atom stereocenters. The number of benzene rings is 2. The molecule has 0 saturated carbocycles. The second-order valence-corrected chi connectivity index (χ2v) is 9.07. The molecule has 1 aliphatic heterocycles. The largest absolute Gasteiger partial charge is 0.480 e. The van der Waals surface area contributed by atoms with Gasteiger partial charge in [-0.3, -0.25) is 9.69 Å². The molecule has 6 heteroatoms. The molecule has 1 amide bonds. The molecular weight excluding hydrogens is 424 g/mol. The van der Waals surface area contributed by atoms with Crippen molar-refractivity contribution in [2.24, 2.45) is 0 Å². The molecule has 180 valence electrons. The van der Waals surface area contributed by atoms with Gasteiger partial charge in [0, 0.05) is 26.6 Å². The van der Waals surface area contributed by atoms with Gasteiger partial charge in [0.15, 0.2) is 0 Å². The summed E-state index contributed by atoms with van der Waals surface area (Å²) >= 11 is 0. The Morgan fingerprint density at radius 1 is 1.15 bits per heavy atom. The third kappa shape index (κ3) is 4.60. The number of carbonyl (C=O) groups excluding carboxylic acids is 1. The zero-order valence-electron chi connectivity index (χ0n) is 21.0. The molecule has 0 bridgehead atoms. The molecule has 1 aromatic heterocycles. The van der Waals surface area contributed by atoms with E-state index in [2.05, 4.69) is 53.8 Å². The van der Waals surface area contributed by atoms with Gasteiger partial charge in [0.05, 0.1) is 18.8 Å². The summed E-state index contributed by atoms with van der Waals surface area (Å²) in [6.07, 6.45) is 2.62. The number of nitrogens with one attached hydrogen (secondary N) is 1. The number of amides is 1. The van der Waals surface area contributed by atoms with E-state index >= 15 is 0 Å². The van der Waals surface area contributed by atoms with E-state index in [0.717, 1.165) is 49.4 Å². The maximum atomic E-state index is 13.2. The zero-order chi connectivity index (χ0) is 24.2. The highest BCUT2D eigenvalue weighted by Gasteiger charge is 2.39. The fourth-order valence-electron chi connectivity index (χ4n) is 5.15.